The average molecular weight is 431 g/mol. The lowest BCUT2D eigenvalue weighted by Gasteiger charge is -2.31. The zero-order chi connectivity index (χ0) is 23.1. The van der Waals surface area contributed by atoms with Crippen LogP contribution in [0.25, 0.3) is 0 Å². The molecule has 0 saturated carbocycles. The number of carbonyl (C=O) groups is 3. The molecule has 0 radical (unpaired) electrons. The number of rotatable bonds is 7. The maximum Gasteiger partial charge on any atom is 0.408 e. The van der Waals surface area contributed by atoms with E-state index in [1.807, 2.05) is 0 Å². The molecule has 2 amide bonds. The summed E-state index contributed by atoms with van der Waals surface area (Å²) < 4.78 is 10.5. The number of nitrogens with one attached hydrogen (secondary N) is 1. The van der Waals surface area contributed by atoms with E-state index in [0.29, 0.717) is 25.9 Å². The number of hydrogen-bond donors (Lipinski definition) is 1. The van der Waals surface area contributed by atoms with E-state index in [1.54, 1.807) is 46.4 Å². The largest absolute Gasteiger partial charge is 0.458 e. The summed E-state index contributed by atoms with van der Waals surface area (Å²) in [7, 11) is 0. The number of ether oxygens (including phenoxy) is 2. The number of nitrogens with zero attached hydrogens (tertiary/aromatic N) is 2. The molecular weight excluding hydrogens is 398 g/mol. The molecule has 1 fully saturated rings. The molecule has 1 heterocycles. The predicted octanol–water partition coefficient (Wildman–Crippen LogP) is 2.20. The highest BCUT2D eigenvalue weighted by Gasteiger charge is 2.31. The van der Waals surface area contributed by atoms with Gasteiger partial charge in [-0.1, -0.05) is 0 Å². The highest BCUT2D eigenvalue weighted by atomic mass is 17.0. The molecule has 30 heavy (non-hydrogen) atoms. The smallest absolute Gasteiger partial charge is 0.408 e. The van der Waals surface area contributed by atoms with E-state index in [9.17, 15) is 24.5 Å². The molecule has 0 aromatic heterocycles. The first kappa shape index (κ1) is 25.4. The number of likely N-dealkylation sites (tertiary alicyclic amines) is 1. The maximum atomic E-state index is 12.5. The lowest BCUT2D eigenvalue weighted by Crippen LogP contribution is -2.47. The van der Waals surface area contributed by atoms with Crippen LogP contribution in [-0.4, -0.2) is 64.4 Å². The topological polar surface area (TPSA) is 137 Å². The van der Waals surface area contributed by atoms with Crippen molar-refractivity contribution in [3.8, 4) is 0 Å². The van der Waals surface area contributed by atoms with Crippen LogP contribution in [0.3, 0.4) is 0 Å². The Hall–Kier alpha value is -2.59. The standard InChI is InChI=1S/C19H33N3O8/c1-18(2,3)28-16(24)14(20-17(25)29-19(4,5)6)7-8-15(23)21-11-9-13(10-12-21)30-22(26)27/h13-14H,7-12H2,1-6H3,(H,20,25). The highest BCUT2D eigenvalue weighted by molar-refractivity contribution is 5.83. The van der Waals surface area contributed by atoms with Crippen LogP contribution in [0.5, 0.6) is 0 Å². The minimum atomic E-state index is -1.04. The SMILES string of the molecule is CC(C)(C)OC(=O)NC(CCC(=O)N1CCC(O[N+](=O)[O-])CC1)C(=O)OC(C)(C)C. The van der Waals surface area contributed by atoms with Crippen molar-refractivity contribution in [2.75, 3.05) is 13.1 Å². The van der Waals surface area contributed by atoms with Crippen LogP contribution < -0.4 is 5.32 Å². The molecular formula is C19H33N3O8. The molecule has 1 aliphatic rings. The van der Waals surface area contributed by atoms with Crippen molar-refractivity contribution in [1.82, 2.24) is 10.2 Å². The summed E-state index contributed by atoms with van der Waals surface area (Å²) in [6, 6.07) is -1.04. The third-order valence-corrected chi connectivity index (χ3v) is 4.06. The summed E-state index contributed by atoms with van der Waals surface area (Å²) in [4.78, 5) is 53.6. The van der Waals surface area contributed by atoms with Gasteiger partial charge in [-0.15, -0.1) is 10.1 Å². The maximum absolute atomic E-state index is 12.5. The monoisotopic (exact) mass is 431 g/mol. The minimum Gasteiger partial charge on any atom is -0.458 e. The van der Waals surface area contributed by atoms with E-state index in [2.05, 4.69) is 10.2 Å². The van der Waals surface area contributed by atoms with Crippen molar-refractivity contribution in [3.63, 3.8) is 0 Å². The summed E-state index contributed by atoms with van der Waals surface area (Å²) in [5.74, 6) is -0.867. The second-order valence-corrected chi connectivity index (χ2v) is 9.18. The molecule has 0 aliphatic carbocycles. The number of alkyl carbamates (subject to hydrolysis) is 1. The molecule has 1 saturated heterocycles. The van der Waals surface area contributed by atoms with Gasteiger partial charge in [0.25, 0.3) is 5.09 Å². The Kier molecular flexibility index (Phi) is 8.86. The van der Waals surface area contributed by atoms with E-state index in [0.717, 1.165) is 0 Å². The Labute approximate surface area is 176 Å². The molecule has 172 valence electrons. The van der Waals surface area contributed by atoms with Gasteiger partial charge in [0.1, 0.15) is 23.3 Å². The lowest BCUT2D eigenvalue weighted by atomic mass is 10.1. The molecule has 0 bridgehead atoms. The summed E-state index contributed by atoms with van der Waals surface area (Å²) >= 11 is 0. The van der Waals surface area contributed by atoms with E-state index >= 15 is 0 Å². The Morgan fingerprint density at radius 2 is 1.60 bits per heavy atom. The van der Waals surface area contributed by atoms with Crippen LogP contribution in [0.1, 0.15) is 67.2 Å². The van der Waals surface area contributed by atoms with Crippen LogP contribution in [-0.2, 0) is 23.9 Å². The van der Waals surface area contributed by atoms with E-state index < -0.39 is 40.5 Å². The summed E-state index contributed by atoms with van der Waals surface area (Å²) in [5, 5.41) is 12.1. The van der Waals surface area contributed by atoms with Gasteiger partial charge in [0, 0.05) is 19.5 Å². The first-order chi connectivity index (χ1) is 13.7. The fraction of sp³-hybridized carbons (Fsp3) is 0.842. The Bertz CT molecular complexity index is 631. The first-order valence-electron chi connectivity index (χ1n) is 9.97. The predicted molar refractivity (Wildman–Crippen MR) is 106 cm³/mol. The Morgan fingerprint density at radius 1 is 1.07 bits per heavy atom. The van der Waals surface area contributed by atoms with Crippen LogP contribution in [0.2, 0.25) is 0 Å². The van der Waals surface area contributed by atoms with Crippen molar-refractivity contribution in [3.05, 3.63) is 10.1 Å². The zero-order valence-electron chi connectivity index (χ0n) is 18.6. The van der Waals surface area contributed by atoms with Crippen LogP contribution >= 0.6 is 0 Å². The van der Waals surface area contributed by atoms with E-state index in [1.165, 1.54) is 0 Å². The summed E-state index contributed by atoms with van der Waals surface area (Å²) in [6.45, 7) is 10.9. The number of piperidine rings is 1. The molecule has 1 unspecified atom stereocenters. The zero-order valence-corrected chi connectivity index (χ0v) is 18.6. The van der Waals surface area contributed by atoms with Gasteiger partial charge in [-0.2, -0.15) is 0 Å². The van der Waals surface area contributed by atoms with Gasteiger partial charge in [0.05, 0.1) is 0 Å². The van der Waals surface area contributed by atoms with Gasteiger partial charge >= 0.3 is 12.1 Å². The second-order valence-electron chi connectivity index (χ2n) is 9.18. The quantitative estimate of drug-likeness (QED) is 0.368. The summed E-state index contributed by atoms with van der Waals surface area (Å²) in [6.07, 6.45) is -0.536. The van der Waals surface area contributed by atoms with Gasteiger partial charge in [-0.3, -0.25) is 4.79 Å². The van der Waals surface area contributed by atoms with Crippen molar-refractivity contribution >= 4 is 18.0 Å². The lowest BCUT2D eigenvalue weighted by molar-refractivity contribution is -0.769. The molecule has 11 heteroatoms. The second kappa shape index (κ2) is 10.4. The fourth-order valence-electron chi connectivity index (χ4n) is 2.83. The molecule has 1 aliphatic heterocycles. The number of esters is 1. The van der Waals surface area contributed by atoms with E-state index in [-0.39, 0.29) is 18.7 Å². The Morgan fingerprint density at radius 3 is 2.07 bits per heavy atom. The van der Waals surface area contributed by atoms with Crippen molar-refractivity contribution in [2.45, 2.75) is 90.6 Å². The van der Waals surface area contributed by atoms with Crippen molar-refractivity contribution in [1.29, 1.82) is 0 Å². The molecule has 1 atom stereocenters. The van der Waals surface area contributed by atoms with E-state index in [4.69, 9.17) is 9.47 Å². The fourth-order valence-corrected chi connectivity index (χ4v) is 2.83. The third-order valence-electron chi connectivity index (χ3n) is 4.06. The minimum absolute atomic E-state index is 0.000464. The van der Waals surface area contributed by atoms with Crippen molar-refractivity contribution < 1.29 is 33.8 Å². The molecule has 11 nitrogen and oxygen atoms in total. The highest BCUT2D eigenvalue weighted by Crippen LogP contribution is 2.17. The number of carbonyl (C=O) groups excluding carboxylic acids is 3. The molecule has 1 rings (SSSR count). The van der Waals surface area contributed by atoms with Crippen LogP contribution in [0.4, 0.5) is 4.79 Å². The number of hydrogen-bond acceptors (Lipinski definition) is 8. The van der Waals surface area contributed by atoms with Crippen LogP contribution in [0.15, 0.2) is 0 Å². The van der Waals surface area contributed by atoms with Gasteiger partial charge in [-0.25, -0.2) is 9.59 Å². The van der Waals surface area contributed by atoms with Gasteiger partial charge in [0.2, 0.25) is 5.91 Å². The average Bonchev–Trinajstić information content (AvgIpc) is 2.55. The molecule has 0 aromatic carbocycles. The molecule has 0 spiro atoms. The van der Waals surface area contributed by atoms with Gasteiger partial charge < -0.3 is 24.5 Å². The van der Waals surface area contributed by atoms with Gasteiger partial charge in [0.15, 0.2) is 0 Å². The third kappa shape index (κ3) is 10.3. The van der Waals surface area contributed by atoms with Crippen LogP contribution in [0, 0.1) is 10.1 Å². The molecule has 0 aromatic rings. The first-order valence-corrected chi connectivity index (χ1v) is 9.97. The summed E-state index contributed by atoms with van der Waals surface area (Å²) in [5.41, 5.74) is -1.50. The number of amides is 2. The van der Waals surface area contributed by atoms with Crippen molar-refractivity contribution in [2.24, 2.45) is 0 Å². The Balaban J connectivity index is 2.65. The molecule has 1 N–H and O–H groups in total. The van der Waals surface area contributed by atoms with Gasteiger partial charge in [-0.05, 0) is 60.8 Å². The normalized spacial score (nSPS) is 16.4.